The molecular weight excluding hydrogens is 256 g/mol. The van der Waals surface area contributed by atoms with Gasteiger partial charge in [0.2, 0.25) is 5.91 Å². The van der Waals surface area contributed by atoms with Crippen molar-refractivity contribution >= 4 is 11.6 Å². The summed E-state index contributed by atoms with van der Waals surface area (Å²) in [5, 5.41) is 6.11. The van der Waals surface area contributed by atoms with Crippen LogP contribution in [0.1, 0.15) is 18.4 Å². The Bertz CT molecular complexity index is 431. The van der Waals surface area contributed by atoms with Gasteiger partial charge < -0.3 is 20.1 Å². The summed E-state index contributed by atoms with van der Waals surface area (Å²) in [7, 11) is 1.65. The Morgan fingerprint density at radius 3 is 2.95 bits per heavy atom. The van der Waals surface area contributed by atoms with E-state index < -0.39 is 0 Å². The number of methoxy groups -OCH3 is 1. The van der Waals surface area contributed by atoms with Crippen LogP contribution in [-0.2, 0) is 20.9 Å². The average molecular weight is 278 g/mol. The molecule has 1 aliphatic rings. The minimum atomic E-state index is -0.113. The van der Waals surface area contributed by atoms with Gasteiger partial charge in [-0.1, -0.05) is 12.1 Å². The van der Waals surface area contributed by atoms with Gasteiger partial charge in [0.15, 0.2) is 0 Å². The fourth-order valence-electron chi connectivity index (χ4n) is 2.26. The van der Waals surface area contributed by atoms with Gasteiger partial charge in [-0.2, -0.15) is 0 Å². The molecule has 1 amide bonds. The highest BCUT2D eigenvalue weighted by atomic mass is 16.5. The lowest BCUT2D eigenvalue weighted by Gasteiger charge is -2.22. The third-order valence-electron chi connectivity index (χ3n) is 3.26. The predicted molar refractivity (Wildman–Crippen MR) is 77.6 cm³/mol. The van der Waals surface area contributed by atoms with Crippen molar-refractivity contribution in [3.05, 3.63) is 29.8 Å². The van der Waals surface area contributed by atoms with E-state index in [1.54, 1.807) is 7.11 Å². The first-order valence-corrected chi connectivity index (χ1v) is 6.98. The van der Waals surface area contributed by atoms with Crippen molar-refractivity contribution in [3.8, 4) is 0 Å². The van der Waals surface area contributed by atoms with Gasteiger partial charge in [-0.05, 0) is 43.6 Å². The van der Waals surface area contributed by atoms with Gasteiger partial charge in [0.25, 0.3) is 0 Å². The number of piperidine rings is 1. The highest BCUT2D eigenvalue weighted by molar-refractivity contribution is 5.91. The van der Waals surface area contributed by atoms with E-state index in [0.717, 1.165) is 37.2 Å². The van der Waals surface area contributed by atoms with Crippen LogP contribution >= 0.6 is 0 Å². The second-order valence-electron chi connectivity index (χ2n) is 4.94. The Hall–Kier alpha value is -1.43. The molecule has 1 aromatic carbocycles. The number of amides is 1. The summed E-state index contributed by atoms with van der Waals surface area (Å²) < 4.78 is 10.7. The minimum Gasteiger partial charge on any atom is -0.380 e. The molecule has 20 heavy (non-hydrogen) atoms. The molecule has 0 radical (unpaired) electrons. The molecule has 0 unspecified atom stereocenters. The standard InChI is InChI=1S/C15H22N2O3/c1-19-10-12-3-2-4-13(9-12)17-15(18)11-20-14-5-7-16-8-6-14/h2-4,9,14,16H,5-8,10-11H2,1H3,(H,17,18). The van der Waals surface area contributed by atoms with E-state index in [0.29, 0.717) is 6.61 Å². The average Bonchev–Trinajstić information content (AvgIpc) is 2.47. The van der Waals surface area contributed by atoms with E-state index in [-0.39, 0.29) is 18.6 Å². The quantitative estimate of drug-likeness (QED) is 0.828. The number of rotatable bonds is 6. The predicted octanol–water partition coefficient (Wildman–Crippen LogP) is 1.54. The van der Waals surface area contributed by atoms with Gasteiger partial charge in [-0.3, -0.25) is 4.79 Å². The van der Waals surface area contributed by atoms with Crippen LogP contribution in [0.15, 0.2) is 24.3 Å². The molecule has 0 spiro atoms. The van der Waals surface area contributed by atoms with Gasteiger partial charge >= 0.3 is 0 Å². The highest BCUT2D eigenvalue weighted by Crippen LogP contribution is 2.12. The number of benzene rings is 1. The molecule has 1 heterocycles. The molecule has 0 atom stereocenters. The number of ether oxygens (including phenoxy) is 2. The normalized spacial score (nSPS) is 16.1. The van der Waals surface area contributed by atoms with E-state index >= 15 is 0 Å². The first kappa shape index (κ1) is 15.0. The molecule has 1 aromatic rings. The molecule has 1 aliphatic heterocycles. The Balaban J connectivity index is 1.77. The zero-order chi connectivity index (χ0) is 14.2. The number of hydrogen-bond acceptors (Lipinski definition) is 4. The molecule has 0 aliphatic carbocycles. The SMILES string of the molecule is COCc1cccc(NC(=O)COC2CCNCC2)c1. The minimum absolute atomic E-state index is 0.110. The van der Waals surface area contributed by atoms with Gasteiger partial charge in [0.05, 0.1) is 12.7 Å². The van der Waals surface area contributed by atoms with Crippen molar-refractivity contribution in [3.63, 3.8) is 0 Å². The summed E-state index contributed by atoms with van der Waals surface area (Å²) in [5.41, 5.74) is 1.81. The zero-order valence-electron chi connectivity index (χ0n) is 11.9. The first-order valence-electron chi connectivity index (χ1n) is 6.98. The summed E-state index contributed by atoms with van der Waals surface area (Å²) in [4.78, 5) is 11.8. The monoisotopic (exact) mass is 278 g/mol. The fraction of sp³-hybridized carbons (Fsp3) is 0.533. The summed E-state index contributed by atoms with van der Waals surface area (Å²) in [5.74, 6) is -0.113. The maximum absolute atomic E-state index is 11.8. The van der Waals surface area contributed by atoms with E-state index in [2.05, 4.69) is 10.6 Å². The van der Waals surface area contributed by atoms with Gasteiger partial charge in [-0.15, -0.1) is 0 Å². The molecule has 1 saturated heterocycles. The second-order valence-corrected chi connectivity index (χ2v) is 4.94. The molecule has 2 N–H and O–H groups in total. The van der Waals surface area contributed by atoms with Crippen LogP contribution in [0.4, 0.5) is 5.69 Å². The van der Waals surface area contributed by atoms with Crippen LogP contribution in [-0.4, -0.2) is 38.8 Å². The molecule has 5 heteroatoms. The smallest absolute Gasteiger partial charge is 0.250 e. The lowest BCUT2D eigenvalue weighted by Crippen LogP contribution is -2.34. The number of anilines is 1. The molecule has 5 nitrogen and oxygen atoms in total. The zero-order valence-corrected chi connectivity index (χ0v) is 11.9. The lowest BCUT2D eigenvalue weighted by atomic mass is 10.1. The molecule has 0 bridgehead atoms. The van der Waals surface area contributed by atoms with E-state index in [9.17, 15) is 4.79 Å². The third-order valence-corrected chi connectivity index (χ3v) is 3.26. The number of carbonyl (C=O) groups is 1. The Morgan fingerprint density at radius 2 is 2.20 bits per heavy atom. The van der Waals surface area contributed by atoms with Crippen molar-refractivity contribution in [1.29, 1.82) is 0 Å². The van der Waals surface area contributed by atoms with E-state index in [1.807, 2.05) is 24.3 Å². The van der Waals surface area contributed by atoms with Crippen molar-refractivity contribution < 1.29 is 14.3 Å². The van der Waals surface area contributed by atoms with Gasteiger partial charge in [-0.25, -0.2) is 0 Å². The molecule has 110 valence electrons. The van der Waals surface area contributed by atoms with Crippen LogP contribution in [0.2, 0.25) is 0 Å². The highest BCUT2D eigenvalue weighted by Gasteiger charge is 2.14. The molecule has 2 rings (SSSR count). The molecule has 1 fully saturated rings. The van der Waals surface area contributed by atoms with Crippen molar-refractivity contribution in [2.24, 2.45) is 0 Å². The lowest BCUT2D eigenvalue weighted by molar-refractivity contribution is -0.123. The van der Waals surface area contributed by atoms with Crippen LogP contribution < -0.4 is 10.6 Å². The largest absolute Gasteiger partial charge is 0.380 e. The van der Waals surface area contributed by atoms with Crippen molar-refractivity contribution in [2.45, 2.75) is 25.6 Å². The molecule has 0 saturated carbocycles. The summed E-state index contributed by atoms with van der Waals surface area (Å²) in [6, 6.07) is 7.63. The van der Waals surface area contributed by atoms with Gasteiger partial charge in [0, 0.05) is 12.8 Å². The number of carbonyl (C=O) groups excluding carboxylic acids is 1. The Labute approximate surface area is 119 Å². The molecule has 0 aromatic heterocycles. The summed E-state index contributed by atoms with van der Waals surface area (Å²) >= 11 is 0. The summed E-state index contributed by atoms with van der Waals surface area (Å²) in [6.45, 7) is 2.57. The first-order chi connectivity index (χ1) is 9.78. The third kappa shape index (κ3) is 4.92. The van der Waals surface area contributed by atoms with Crippen molar-refractivity contribution in [1.82, 2.24) is 5.32 Å². The maximum atomic E-state index is 11.8. The van der Waals surface area contributed by atoms with Crippen LogP contribution in [0.3, 0.4) is 0 Å². The Morgan fingerprint density at radius 1 is 1.40 bits per heavy atom. The van der Waals surface area contributed by atoms with Crippen LogP contribution in [0.5, 0.6) is 0 Å². The topological polar surface area (TPSA) is 59.6 Å². The fourth-order valence-corrected chi connectivity index (χ4v) is 2.26. The second kappa shape index (κ2) is 7.99. The van der Waals surface area contributed by atoms with Gasteiger partial charge in [0.1, 0.15) is 6.61 Å². The van der Waals surface area contributed by atoms with Crippen LogP contribution in [0.25, 0.3) is 0 Å². The van der Waals surface area contributed by atoms with E-state index in [1.165, 1.54) is 0 Å². The van der Waals surface area contributed by atoms with E-state index in [4.69, 9.17) is 9.47 Å². The summed E-state index contributed by atoms with van der Waals surface area (Å²) in [6.07, 6.45) is 2.13. The molecular formula is C15H22N2O3. The van der Waals surface area contributed by atoms with Crippen LogP contribution in [0, 0.1) is 0 Å². The van der Waals surface area contributed by atoms with Crippen molar-refractivity contribution in [2.75, 3.05) is 32.1 Å². The Kier molecular flexibility index (Phi) is 5.98. The number of hydrogen-bond donors (Lipinski definition) is 2. The number of nitrogens with one attached hydrogen (secondary N) is 2. The maximum Gasteiger partial charge on any atom is 0.250 e.